The zero-order chi connectivity index (χ0) is 13.7. The summed E-state index contributed by atoms with van der Waals surface area (Å²) in [6, 6.07) is 14.8. The molecule has 2 rings (SSSR count). The van der Waals surface area contributed by atoms with E-state index in [1.54, 1.807) is 19.1 Å². The average molecular weight is 256 g/mol. The van der Waals surface area contributed by atoms with Crippen molar-refractivity contribution in [1.29, 1.82) is 0 Å². The van der Waals surface area contributed by atoms with Crippen molar-refractivity contribution in [1.82, 2.24) is 0 Å². The molecule has 0 bridgehead atoms. The van der Waals surface area contributed by atoms with Crippen molar-refractivity contribution < 1.29 is 14.6 Å². The van der Waals surface area contributed by atoms with Crippen molar-refractivity contribution in [2.75, 3.05) is 0 Å². The molecule has 0 unspecified atom stereocenters. The largest absolute Gasteiger partial charge is 0.508 e. The standard InChI is InChI=1S/C16H16O3/c1-2-16(18)19-15-11-14(17)9-8-13(15)10-12-6-4-3-5-7-12/h3-9,11,17H,2,10H2,1H3. The highest BCUT2D eigenvalue weighted by Gasteiger charge is 2.09. The lowest BCUT2D eigenvalue weighted by molar-refractivity contribution is -0.134. The van der Waals surface area contributed by atoms with Gasteiger partial charge < -0.3 is 9.84 Å². The fourth-order valence-corrected chi connectivity index (χ4v) is 1.79. The number of benzene rings is 2. The van der Waals surface area contributed by atoms with E-state index in [-0.39, 0.29) is 11.7 Å². The van der Waals surface area contributed by atoms with Gasteiger partial charge in [0.1, 0.15) is 11.5 Å². The number of ether oxygens (including phenoxy) is 1. The number of rotatable bonds is 4. The average Bonchev–Trinajstić information content (AvgIpc) is 2.43. The van der Waals surface area contributed by atoms with E-state index in [1.165, 1.54) is 6.07 Å². The predicted octanol–water partition coefficient (Wildman–Crippen LogP) is 3.30. The Labute approximate surface area is 112 Å². The highest BCUT2D eigenvalue weighted by atomic mass is 16.5. The summed E-state index contributed by atoms with van der Waals surface area (Å²) in [5, 5.41) is 9.50. The Morgan fingerprint density at radius 3 is 2.58 bits per heavy atom. The lowest BCUT2D eigenvalue weighted by Crippen LogP contribution is -2.07. The summed E-state index contributed by atoms with van der Waals surface area (Å²) in [4.78, 5) is 11.4. The Bertz CT molecular complexity index is 561. The van der Waals surface area contributed by atoms with Gasteiger partial charge in [-0.1, -0.05) is 43.3 Å². The summed E-state index contributed by atoms with van der Waals surface area (Å²) < 4.78 is 5.25. The number of esters is 1. The van der Waals surface area contributed by atoms with Crippen LogP contribution in [0.2, 0.25) is 0 Å². The van der Waals surface area contributed by atoms with Gasteiger partial charge >= 0.3 is 5.97 Å². The van der Waals surface area contributed by atoms with Gasteiger partial charge in [-0.15, -0.1) is 0 Å². The lowest BCUT2D eigenvalue weighted by atomic mass is 10.0. The molecule has 0 radical (unpaired) electrons. The molecule has 19 heavy (non-hydrogen) atoms. The van der Waals surface area contributed by atoms with Crippen LogP contribution in [0.3, 0.4) is 0 Å². The van der Waals surface area contributed by atoms with E-state index >= 15 is 0 Å². The SMILES string of the molecule is CCC(=O)Oc1cc(O)ccc1Cc1ccccc1. The quantitative estimate of drug-likeness (QED) is 0.674. The maximum absolute atomic E-state index is 11.4. The Balaban J connectivity index is 2.26. The molecule has 2 aromatic rings. The summed E-state index contributed by atoms with van der Waals surface area (Å²) in [6.45, 7) is 1.74. The number of carbonyl (C=O) groups excluding carboxylic acids is 1. The Morgan fingerprint density at radius 1 is 1.16 bits per heavy atom. The minimum atomic E-state index is -0.306. The highest BCUT2D eigenvalue weighted by Crippen LogP contribution is 2.26. The molecule has 0 aliphatic carbocycles. The Morgan fingerprint density at radius 2 is 1.89 bits per heavy atom. The van der Waals surface area contributed by atoms with Crippen LogP contribution in [0.15, 0.2) is 48.5 Å². The maximum Gasteiger partial charge on any atom is 0.310 e. The maximum atomic E-state index is 11.4. The zero-order valence-corrected chi connectivity index (χ0v) is 10.8. The van der Waals surface area contributed by atoms with Crippen molar-refractivity contribution in [2.24, 2.45) is 0 Å². The lowest BCUT2D eigenvalue weighted by Gasteiger charge is -2.10. The summed E-state index contributed by atoms with van der Waals surface area (Å²) in [6.07, 6.45) is 0.966. The summed E-state index contributed by atoms with van der Waals surface area (Å²) >= 11 is 0. The van der Waals surface area contributed by atoms with E-state index in [0.29, 0.717) is 18.6 Å². The van der Waals surface area contributed by atoms with Crippen LogP contribution in [0.4, 0.5) is 0 Å². The molecule has 0 aliphatic rings. The molecular formula is C16H16O3. The normalized spacial score (nSPS) is 10.2. The third-order valence-electron chi connectivity index (χ3n) is 2.80. The van der Waals surface area contributed by atoms with Crippen molar-refractivity contribution in [3.63, 3.8) is 0 Å². The van der Waals surface area contributed by atoms with Crippen LogP contribution in [0, 0.1) is 0 Å². The first-order chi connectivity index (χ1) is 9.19. The molecule has 0 saturated heterocycles. The molecule has 2 aromatic carbocycles. The van der Waals surface area contributed by atoms with Crippen LogP contribution in [-0.4, -0.2) is 11.1 Å². The van der Waals surface area contributed by atoms with E-state index in [1.807, 2.05) is 30.3 Å². The number of phenolic OH excluding ortho intramolecular Hbond substituents is 1. The molecule has 0 fully saturated rings. The van der Waals surface area contributed by atoms with Gasteiger partial charge in [0, 0.05) is 18.9 Å². The van der Waals surface area contributed by atoms with Crippen LogP contribution in [-0.2, 0) is 11.2 Å². The molecule has 0 spiro atoms. The molecule has 0 saturated carbocycles. The highest BCUT2D eigenvalue weighted by molar-refractivity contribution is 5.72. The van der Waals surface area contributed by atoms with Crippen LogP contribution in [0.1, 0.15) is 24.5 Å². The number of phenols is 1. The topological polar surface area (TPSA) is 46.5 Å². The van der Waals surface area contributed by atoms with Gasteiger partial charge in [0.25, 0.3) is 0 Å². The third-order valence-corrected chi connectivity index (χ3v) is 2.80. The minimum absolute atomic E-state index is 0.0933. The fourth-order valence-electron chi connectivity index (χ4n) is 1.79. The molecule has 0 aliphatic heterocycles. The summed E-state index contributed by atoms with van der Waals surface area (Å²) in [5.74, 6) is 0.214. The van der Waals surface area contributed by atoms with E-state index in [9.17, 15) is 9.90 Å². The summed E-state index contributed by atoms with van der Waals surface area (Å²) in [7, 11) is 0. The van der Waals surface area contributed by atoms with Gasteiger partial charge in [-0.3, -0.25) is 4.79 Å². The smallest absolute Gasteiger partial charge is 0.310 e. The third kappa shape index (κ3) is 3.58. The van der Waals surface area contributed by atoms with Crippen LogP contribution in [0.5, 0.6) is 11.5 Å². The predicted molar refractivity (Wildman–Crippen MR) is 73.3 cm³/mol. The fraction of sp³-hybridized carbons (Fsp3) is 0.188. The first-order valence-electron chi connectivity index (χ1n) is 6.25. The number of hydrogen-bond donors (Lipinski definition) is 1. The van der Waals surface area contributed by atoms with E-state index in [0.717, 1.165) is 11.1 Å². The van der Waals surface area contributed by atoms with E-state index in [4.69, 9.17) is 4.74 Å². The van der Waals surface area contributed by atoms with Gasteiger partial charge in [-0.25, -0.2) is 0 Å². The monoisotopic (exact) mass is 256 g/mol. The molecule has 0 atom stereocenters. The van der Waals surface area contributed by atoms with E-state index in [2.05, 4.69) is 0 Å². The van der Waals surface area contributed by atoms with Gasteiger partial charge in [0.2, 0.25) is 0 Å². The molecule has 0 heterocycles. The Kier molecular flexibility index (Phi) is 4.18. The van der Waals surface area contributed by atoms with Crippen molar-refractivity contribution >= 4 is 5.97 Å². The van der Waals surface area contributed by atoms with Crippen molar-refractivity contribution in [3.05, 3.63) is 59.7 Å². The first kappa shape index (κ1) is 13.1. The second-order valence-electron chi connectivity index (χ2n) is 4.28. The Hall–Kier alpha value is -2.29. The molecule has 0 aromatic heterocycles. The minimum Gasteiger partial charge on any atom is -0.508 e. The number of hydrogen-bond acceptors (Lipinski definition) is 3. The van der Waals surface area contributed by atoms with Gasteiger partial charge in [-0.2, -0.15) is 0 Å². The van der Waals surface area contributed by atoms with Crippen molar-refractivity contribution in [3.8, 4) is 11.5 Å². The van der Waals surface area contributed by atoms with Gasteiger partial charge in [-0.05, 0) is 17.2 Å². The number of carbonyl (C=O) groups is 1. The molecule has 98 valence electrons. The summed E-state index contributed by atoms with van der Waals surface area (Å²) in [5.41, 5.74) is 2.01. The van der Waals surface area contributed by atoms with Gasteiger partial charge in [0.15, 0.2) is 0 Å². The second kappa shape index (κ2) is 6.05. The second-order valence-corrected chi connectivity index (χ2v) is 4.28. The van der Waals surface area contributed by atoms with E-state index < -0.39 is 0 Å². The number of aromatic hydroxyl groups is 1. The molecule has 1 N–H and O–H groups in total. The molecule has 3 heteroatoms. The molecular weight excluding hydrogens is 240 g/mol. The zero-order valence-electron chi connectivity index (χ0n) is 10.8. The van der Waals surface area contributed by atoms with Crippen molar-refractivity contribution in [2.45, 2.75) is 19.8 Å². The molecule has 0 amide bonds. The molecule has 3 nitrogen and oxygen atoms in total. The van der Waals surface area contributed by atoms with Crippen LogP contribution < -0.4 is 4.74 Å². The first-order valence-corrected chi connectivity index (χ1v) is 6.25. The van der Waals surface area contributed by atoms with Gasteiger partial charge in [0.05, 0.1) is 0 Å². The van der Waals surface area contributed by atoms with Crippen LogP contribution >= 0.6 is 0 Å². The van der Waals surface area contributed by atoms with Crippen LogP contribution in [0.25, 0.3) is 0 Å².